The average Bonchev–Trinajstić information content (AvgIpc) is 3.80. The van der Waals surface area contributed by atoms with Gasteiger partial charge in [-0.15, -0.1) is 0 Å². The summed E-state index contributed by atoms with van der Waals surface area (Å²) in [5.74, 6) is 3.03. The first kappa shape index (κ1) is 46.9. The molecule has 1 saturated heterocycles. The Kier molecular flexibility index (Phi) is 29.0. The van der Waals surface area contributed by atoms with Gasteiger partial charge in [-0.3, -0.25) is 4.21 Å². The van der Waals surface area contributed by atoms with Crippen LogP contribution >= 0.6 is 0 Å². The van der Waals surface area contributed by atoms with Gasteiger partial charge in [0.25, 0.3) is 0 Å². The minimum Gasteiger partial charge on any atom is -0.394 e. The van der Waals surface area contributed by atoms with Gasteiger partial charge in [0, 0.05) is 22.8 Å². The summed E-state index contributed by atoms with van der Waals surface area (Å²) in [5, 5.41) is 49.0. The van der Waals surface area contributed by atoms with Crippen molar-refractivity contribution < 1.29 is 39.2 Å². The summed E-state index contributed by atoms with van der Waals surface area (Å²) in [5.41, 5.74) is 5.98. The maximum Gasteiger partial charge on any atom is 0.186 e. The number of hydrogen-bond donors (Lipinski definition) is 6. The molecule has 10 atom stereocenters. The summed E-state index contributed by atoms with van der Waals surface area (Å²) < 4.78 is 21.5. The van der Waals surface area contributed by atoms with Crippen LogP contribution in [0.5, 0.6) is 0 Å². The molecule has 2 rings (SSSR count). The van der Waals surface area contributed by atoms with Crippen LogP contribution in [0.25, 0.3) is 0 Å². The number of aliphatic hydroxyl groups excluding tert-OH is 5. The van der Waals surface area contributed by atoms with Crippen LogP contribution in [0.15, 0.2) is 0 Å². The maximum absolute atomic E-state index is 10.8. The van der Waals surface area contributed by atoms with Crippen LogP contribution in [0.3, 0.4) is 0 Å². The largest absolute Gasteiger partial charge is 0.394 e. The predicted octanol–water partition coefficient (Wildman–Crippen LogP) is 6.50. The fourth-order valence-electron chi connectivity index (χ4n) is 6.68. The van der Waals surface area contributed by atoms with Gasteiger partial charge >= 0.3 is 0 Å². The second-order valence-electron chi connectivity index (χ2n) is 15.2. The fraction of sp³-hybridized carbons (Fsp3) is 1.00. The lowest BCUT2D eigenvalue weighted by Crippen LogP contribution is -2.59. The minimum absolute atomic E-state index is 0.0672. The molecule has 9 nitrogen and oxygen atoms in total. The summed E-state index contributed by atoms with van der Waals surface area (Å²) in [4.78, 5) is 0. The van der Waals surface area contributed by atoms with Crippen molar-refractivity contribution in [2.45, 2.75) is 211 Å². The first-order valence-electron chi connectivity index (χ1n) is 20.3. The van der Waals surface area contributed by atoms with E-state index >= 15 is 0 Å². The predicted molar refractivity (Wildman–Crippen MR) is 202 cm³/mol. The van der Waals surface area contributed by atoms with Crippen LogP contribution in [0, 0.1) is 11.8 Å². The number of ether oxygens (including phenoxy) is 2. The average molecular weight is 722 g/mol. The van der Waals surface area contributed by atoms with Crippen molar-refractivity contribution >= 4 is 10.8 Å². The number of hydrogen-bond acceptors (Lipinski definition) is 9. The van der Waals surface area contributed by atoms with E-state index in [0.717, 1.165) is 36.9 Å². The third kappa shape index (κ3) is 23.9. The molecule has 0 spiro atoms. The number of rotatable bonds is 30. The second kappa shape index (κ2) is 30.3. The molecule has 1 aliphatic carbocycles. The molecule has 0 aromatic heterocycles. The van der Waals surface area contributed by atoms with Crippen LogP contribution in [0.2, 0.25) is 0 Å². The molecule has 2 fully saturated rings. The van der Waals surface area contributed by atoms with Crippen LogP contribution < -0.4 is 5.73 Å². The van der Waals surface area contributed by atoms with E-state index in [1.807, 2.05) is 0 Å². The lowest BCUT2D eigenvalue weighted by atomic mass is 9.99. The Hall–Kier alpha value is -0.170. The summed E-state index contributed by atoms with van der Waals surface area (Å²) in [6, 6.07) is -0.653. The minimum atomic E-state index is -1.49. The second-order valence-corrected chi connectivity index (χ2v) is 16.7. The number of nitrogens with two attached hydrogens (primary N) is 1. The molecule has 1 heterocycles. The Morgan fingerprint density at radius 2 is 1.22 bits per heavy atom. The fourth-order valence-corrected chi connectivity index (χ4v) is 7.29. The quantitative estimate of drug-likeness (QED) is 0.0455. The SMILES string of the molecule is CC1CC1CCCCCCCCCCS(C)=O.CCCCCCCCCCCCCCCC(O)C(N)COC1OC(CO)C(O)C(O)C1O. The van der Waals surface area contributed by atoms with Crippen molar-refractivity contribution in [3.8, 4) is 0 Å². The zero-order valence-corrected chi connectivity index (χ0v) is 32.6. The zero-order valence-electron chi connectivity index (χ0n) is 31.7. The Bertz CT molecular complexity index is 777. The molecule has 7 N–H and O–H groups in total. The summed E-state index contributed by atoms with van der Waals surface area (Å²) in [6.07, 6.45) is 25.4. The van der Waals surface area contributed by atoms with Crippen molar-refractivity contribution in [1.29, 1.82) is 0 Å². The highest BCUT2D eigenvalue weighted by atomic mass is 32.2. The van der Waals surface area contributed by atoms with E-state index < -0.39 is 60.3 Å². The van der Waals surface area contributed by atoms with Gasteiger partial charge in [-0.25, -0.2) is 0 Å². The Balaban J connectivity index is 0.000000591. The third-order valence-corrected chi connectivity index (χ3v) is 11.3. The molecule has 0 aromatic rings. The highest BCUT2D eigenvalue weighted by molar-refractivity contribution is 7.84. The van der Waals surface area contributed by atoms with Crippen LogP contribution in [0.1, 0.15) is 168 Å². The highest BCUT2D eigenvalue weighted by Gasteiger charge is 2.44. The summed E-state index contributed by atoms with van der Waals surface area (Å²) in [6.45, 7) is 4.05. The number of unbranched alkanes of at least 4 members (excludes halogenated alkanes) is 19. The molecular formula is C39H79NO8S. The van der Waals surface area contributed by atoms with Crippen LogP contribution in [0.4, 0.5) is 0 Å². The van der Waals surface area contributed by atoms with E-state index in [2.05, 4.69) is 13.8 Å². The molecule has 0 bridgehead atoms. The van der Waals surface area contributed by atoms with Crippen molar-refractivity contribution in [3.05, 3.63) is 0 Å². The van der Waals surface area contributed by atoms with Gasteiger partial charge in [0.05, 0.1) is 25.4 Å². The molecular weight excluding hydrogens is 642 g/mol. The monoisotopic (exact) mass is 722 g/mol. The summed E-state index contributed by atoms with van der Waals surface area (Å²) >= 11 is 0. The van der Waals surface area contributed by atoms with Gasteiger partial charge < -0.3 is 40.7 Å². The van der Waals surface area contributed by atoms with Crippen LogP contribution in [-0.4, -0.2) is 97.8 Å². The van der Waals surface area contributed by atoms with Gasteiger partial charge in [0.1, 0.15) is 24.4 Å². The van der Waals surface area contributed by atoms with E-state index in [-0.39, 0.29) is 6.61 Å². The standard InChI is InChI=1S/C24H49NO7.C15H30OS/c1-2-3-4-5-6-7-8-9-10-11-12-13-14-15-19(27)18(25)17-31-24-23(30)22(29)21(28)20(16-26)32-24;1-14-13-15(14)11-9-7-5-3-4-6-8-10-12-17(2)16/h18-24,26-30H,2-17,25H2,1H3;14-15H,3-13H2,1-2H3. The summed E-state index contributed by atoms with van der Waals surface area (Å²) in [7, 11) is -0.579. The first-order chi connectivity index (χ1) is 23.6. The molecule has 10 unspecified atom stereocenters. The first-order valence-corrected chi connectivity index (χ1v) is 22.0. The molecule has 0 aromatic carbocycles. The van der Waals surface area contributed by atoms with Gasteiger partial charge in [-0.2, -0.15) is 0 Å². The Morgan fingerprint density at radius 3 is 1.69 bits per heavy atom. The van der Waals surface area contributed by atoms with Gasteiger partial charge in [-0.1, -0.05) is 149 Å². The van der Waals surface area contributed by atoms with Gasteiger partial charge in [0.2, 0.25) is 0 Å². The van der Waals surface area contributed by atoms with E-state index in [0.29, 0.717) is 6.42 Å². The van der Waals surface area contributed by atoms with Crippen molar-refractivity contribution in [2.24, 2.45) is 17.6 Å². The van der Waals surface area contributed by atoms with E-state index in [9.17, 15) is 29.7 Å². The maximum atomic E-state index is 10.8. The molecule has 294 valence electrons. The molecule has 10 heteroatoms. The topological polar surface area (TPSA) is 163 Å². The lowest BCUT2D eigenvalue weighted by molar-refractivity contribution is -0.302. The number of aliphatic hydroxyl groups is 5. The third-order valence-electron chi connectivity index (χ3n) is 10.4. The van der Waals surface area contributed by atoms with Crippen molar-refractivity contribution in [3.63, 3.8) is 0 Å². The smallest absolute Gasteiger partial charge is 0.186 e. The Morgan fingerprint density at radius 1 is 0.755 bits per heavy atom. The van der Waals surface area contributed by atoms with Crippen molar-refractivity contribution in [1.82, 2.24) is 0 Å². The molecule has 49 heavy (non-hydrogen) atoms. The van der Waals surface area contributed by atoms with E-state index in [4.69, 9.17) is 15.2 Å². The lowest BCUT2D eigenvalue weighted by Gasteiger charge is -2.40. The molecule has 1 saturated carbocycles. The normalized spacial score (nSPS) is 26.9. The van der Waals surface area contributed by atoms with Crippen molar-refractivity contribution in [2.75, 3.05) is 25.2 Å². The molecule has 2 aliphatic rings. The van der Waals surface area contributed by atoms with Crippen LogP contribution in [-0.2, 0) is 20.3 Å². The van der Waals surface area contributed by atoms with E-state index in [1.165, 1.54) is 128 Å². The molecule has 0 radical (unpaired) electrons. The highest BCUT2D eigenvalue weighted by Crippen LogP contribution is 2.41. The zero-order chi connectivity index (χ0) is 36.3. The molecule has 1 aliphatic heterocycles. The molecule has 0 amide bonds. The van der Waals surface area contributed by atoms with E-state index in [1.54, 1.807) is 6.26 Å². The van der Waals surface area contributed by atoms with Gasteiger partial charge in [-0.05, 0) is 31.1 Å². The van der Waals surface area contributed by atoms with Gasteiger partial charge in [0.15, 0.2) is 6.29 Å². The Labute approximate surface area is 303 Å².